The summed E-state index contributed by atoms with van der Waals surface area (Å²) in [6.45, 7) is 0. The van der Waals surface area contributed by atoms with Crippen LogP contribution in [0, 0.1) is 5.82 Å². The average molecular weight is 232 g/mol. The monoisotopic (exact) mass is 232 g/mol. The summed E-state index contributed by atoms with van der Waals surface area (Å²) in [7, 11) is 0. The fourth-order valence-corrected chi connectivity index (χ4v) is 1.65. The number of rotatable bonds is 3. The molecule has 0 atom stereocenters. The first-order valence-electron chi connectivity index (χ1n) is 4.70. The molecule has 1 heterocycles. The highest BCUT2D eigenvalue weighted by Crippen LogP contribution is 2.18. The van der Waals surface area contributed by atoms with Crippen LogP contribution in [0.15, 0.2) is 58.1 Å². The van der Waals surface area contributed by atoms with Crippen LogP contribution in [0.4, 0.5) is 4.39 Å². The minimum Gasteiger partial charge on any atom is -0.264 e. The van der Waals surface area contributed by atoms with E-state index in [1.54, 1.807) is 30.7 Å². The summed E-state index contributed by atoms with van der Waals surface area (Å²) < 4.78 is 16.8. The molecule has 0 saturated heterocycles. The lowest BCUT2D eigenvalue weighted by molar-refractivity contribution is 0.626. The van der Waals surface area contributed by atoms with Crippen molar-refractivity contribution < 1.29 is 4.39 Å². The zero-order valence-corrected chi connectivity index (χ0v) is 9.19. The molecule has 16 heavy (non-hydrogen) atoms. The van der Waals surface area contributed by atoms with E-state index in [1.807, 2.05) is 12.1 Å². The zero-order chi connectivity index (χ0) is 11.2. The van der Waals surface area contributed by atoms with Gasteiger partial charge >= 0.3 is 0 Å². The van der Waals surface area contributed by atoms with Crippen LogP contribution in [0.5, 0.6) is 0 Å². The van der Waals surface area contributed by atoms with Gasteiger partial charge in [0.25, 0.3) is 0 Å². The number of hydrogen-bond acceptors (Lipinski definition) is 3. The van der Waals surface area contributed by atoms with Crippen molar-refractivity contribution in [2.75, 3.05) is 0 Å². The van der Waals surface area contributed by atoms with E-state index in [2.05, 4.69) is 9.38 Å². The maximum absolute atomic E-state index is 12.6. The van der Waals surface area contributed by atoms with Gasteiger partial charge in [0.2, 0.25) is 0 Å². The molecular formula is C12H9FN2S. The van der Waals surface area contributed by atoms with Crippen molar-refractivity contribution in [3.8, 4) is 0 Å². The van der Waals surface area contributed by atoms with Gasteiger partial charge in [-0.3, -0.25) is 4.98 Å². The van der Waals surface area contributed by atoms with Gasteiger partial charge in [0, 0.05) is 41.0 Å². The Morgan fingerprint density at radius 1 is 1.19 bits per heavy atom. The van der Waals surface area contributed by atoms with Gasteiger partial charge in [-0.2, -0.15) is 0 Å². The first-order chi connectivity index (χ1) is 7.84. The molecule has 0 spiro atoms. The number of halogens is 1. The van der Waals surface area contributed by atoms with Crippen LogP contribution >= 0.6 is 11.9 Å². The Labute approximate surface area is 97.4 Å². The van der Waals surface area contributed by atoms with Crippen LogP contribution < -0.4 is 0 Å². The number of hydrogen-bond donors (Lipinski definition) is 0. The van der Waals surface area contributed by atoms with Crippen LogP contribution in [0.25, 0.3) is 0 Å². The fraction of sp³-hybridized carbons (Fsp3) is 0. The van der Waals surface area contributed by atoms with E-state index in [0.717, 1.165) is 10.5 Å². The quantitative estimate of drug-likeness (QED) is 0.599. The van der Waals surface area contributed by atoms with E-state index in [9.17, 15) is 4.39 Å². The molecule has 0 bridgehead atoms. The number of pyridine rings is 1. The molecule has 0 fully saturated rings. The van der Waals surface area contributed by atoms with Gasteiger partial charge < -0.3 is 0 Å². The van der Waals surface area contributed by atoms with Gasteiger partial charge in [-0.15, -0.1) is 0 Å². The molecule has 0 radical (unpaired) electrons. The molecule has 80 valence electrons. The minimum atomic E-state index is -0.236. The molecule has 0 aliphatic carbocycles. The Morgan fingerprint density at radius 2 is 2.00 bits per heavy atom. The Kier molecular flexibility index (Phi) is 3.66. The van der Waals surface area contributed by atoms with Crippen molar-refractivity contribution in [1.29, 1.82) is 0 Å². The lowest BCUT2D eigenvalue weighted by atomic mass is 10.3. The molecule has 2 rings (SSSR count). The number of nitrogens with zero attached hydrogens (tertiary/aromatic N) is 2. The van der Waals surface area contributed by atoms with Crippen molar-refractivity contribution in [2.24, 2.45) is 4.40 Å². The highest BCUT2D eigenvalue weighted by atomic mass is 32.2. The molecule has 1 aromatic heterocycles. The first kappa shape index (κ1) is 10.8. The van der Waals surface area contributed by atoms with E-state index in [-0.39, 0.29) is 5.82 Å². The molecule has 1 aromatic carbocycles. The summed E-state index contributed by atoms with van der Waals surface area (Å²) >= 11 is 1.30. The van der Waals surface area contributed by atoms with Gasteiger partial charge in [0.15, 0.2) is 0 Å². The molecule has 0 N–H and O–H groups in total. The maximum Gasteiger partial charge on any atom is 0.123 e. The molecule has 0 aliphatic heterocycles. The van der Waals surface area contributed by atoms with Gasteiger partial charge in [-0.05, 0) is 30.3 Å². The Balaban J connectivity index is 1.97. The van der Waals surface area contributed by atoms with Crippen LogP contribution in [-0.4, -0.2) is 11.2 Å². The molecule has 4 heteroatoms. The number of benzene rings is 1. The second kappa shape index (κ2) is 5.42. The van der Waals surface area contributed by atoms with Gasteiger partial charge in [0.05, 0.1) is 0 Å². The second-order valence-electron chi connectivity index (χ2n) is 3.07. The molecule has 2 nitrogen and oxygen atoms in total. The van der Waals surface area contributed by atoms with Crippen molar-refractivity contribution in [3.63, 3.8) is 0 Å². The summed E-state index contributed by atoms with van der Waals surface area (Å²) in [5, 5.41) is 0. The highest BCUT2D eigenvalue weighted by Gasteiger charge is 1.92. The normalized spacial score (nSPS) is 10.8. The lowest BCUT2D eigenvalue weighted by Crippen LogP contribution is -1.80. The van der Waals surface area contributed by atoms with E-state index in [4.69, 9.17) is 0 Å². The third kappa shape index (κ3) is 3.17. The lowest BCUT2D eigenvalue weighted by Gasteiger charge is -1.94. The first-order valence-corrected chi connectivity index (χ1v) is 5.48. The minimum absolute atomic E-state index is 0.236. The molecule has 0 unspecified atom stereocenters. The second-order valence-corrected chi connectivity index (χ2v) is 3.93. The van der Waals surface area contributed by atoms with E-state index >= 15 is 0 Å². The van der Waals surface area contributed by atoms with E-state index in [0.29, 0.717) is 0 Å². The molecule has 0 saturated carbocycles. The summed E-state index contributed by atoms with van der Waals surface area (Å²) in [6, 6.07) is 10.00. The maximum atomic E-state index is 12.6. The van der Waals surface area contributed by atoms with Crippen molar-refractivity contribution in [2.45, 2.75) is 4.90 Å². The Hall–Kier alpha value is -1.68. The summed E-state index contributed by atoms with van der Waals surface area (Å²) in [5.74, 6) is -0.236. The van der Waals surface area contributed by atoms with Crippen LogP contribution in [0.1, 0.15) is 5.56 Å². The SMILES string of the molecule is Fc1ccc(S/N=C/c2cccnc2)cc1. The fourth-order valence-electron chi connectivity index (χ4n) is 1.10. The van der Waals surface area contributed by atoms with E-state index < -0.39 is 0 Å². The van der Waals surface area contributed by atoms with E-state index in [1.165, 1.54) is 24.1 Å². The highest BCUT2D eigenvalue weighted by molar-refractivity contribution is 7.98. The molecule has 0 amide bonds. The Bertz CT molecular complexity index is 468. The van der Waals surface area contributed by atoms with Crippen molar-refractivity contribution in [1.82, 2.24) is 4.98 Å². The van der Waals surface area contributed by atoms with Crippen LogP contribution in [-0.2, 0) is 0 Å². The van der Waals surface area contributed by atoms with Crippen LogP contribution in [0.2, 0.25) is 0 Å². The molecular weight excluding hydrogens is 223 g/mol. The summed E-state index contributed by atoms with van der Waals surface area (Å²) in [4.78, 5) is 4.88. The average Bonchev–Trinajstić information content (AvgIpc) is 2.33. The van der Waals surface area contributed by atoms with Crippen molar-refractivity contribution >= 4 is 18.2 Å². The summed E-state index contributed by atoms with van der Waals surface area (Å²) in [6.07, 6.45) is 5.17. The molecule has 2 aromatic rings. The molecule has 0 aliphatic rings. The van der Waals surface area contributed by atoms with Crippen molar-refractivity contribution in [3.05, 3.63) is 60.2 Å². The van der Waals surface area contributed by atoms with Crippen LogP contribution in [0.3, 0.4) is 0 Å². The standard InChI is InChI=1S/C12H9FN2S/c13-11-3-5-12(6-4-11)16-15-9-10-2-1-7-14-8-10/h1-9H/b15-9+. The zero-order valence-electron chi connectivity index (χ0n) is 8.38. The van der Waals surface area contributed by atoms with Gasteiger partial charge in [-0.1, -0.05) is 6.07 Å². The largest absolute Gasteiger partial charge is 0.264 e. The van der Waals surface area contributed by atoms with Gasteiger partial charge in [-0.25, -0.2) is 8.79 Å². The predicted molar refractivity (Wildman–Crippen MR) is 64.1 cm³/mol. The topological polar surface area (TPSA) is 25.2 Å². The third-order valence-corrected chi connectivity index (χ3v) is 2.55. The smallest absolute Gasteiger partial charge is 0.123 e. The number of aromatic nitrogens is 1. The predicted octanol–water partition coefficient (Wildman–Crippen LogP) is 3.35. The Morgan fingerprint density at radius 3 is 2.69 bits per heavy atom. The third-order valence-electron chi connectivity index (χ3n) is 1.86. The summed E-state index contributed by atoms with van der Waals surface area (Å²) in [5.41, 5.74) is 0.942. The van der Waals surface area contributed by atoms with Gasteiger partial charge in [0.1, 0.15) is 5.82 Å².